The topological polar surface area (TPSA) is 62.3 Å². The molecule has 0 amide bonds. The third-order valence-corrected chi connectivity index (χ3v) is 2.74. The number of nitrogens with two attached hydrogens (primary N) is 1. The lowest BCUT2D eigenvalue weighted by Crippen LogP contribution is -2.47. The van der Waals surface area contributed by atoms with Crippen molar-refractivity contribution in [1.29, 1.82) is 5.26 Å². The van der Waals surface area contributed by atoms with Crippen molar-refractivity contribution in [3.05, 3.63) is 29.8 Å². The van der Waals surface area contributed by atoms with Gasteiger partial charge in [-0.25, -0.2) is 5.01 Å². The second-order valence-electron chi connectivity index (χ2n) is 3.94. The second kappa shape index (κ2) is 4.97. The number of nitrogens with zero attached hydrogens (tertiary/aromatic N) is 2. The minimum absolute atomic E-state index is 0.0401. The largest absolute Gasteiger partial charge is 0.474 e. The quantitative estimate of drug-likeness (QED) is 0.765. The predicted molar refractivity (Wildman–Crippen MR) is 60.3 cm³/mol. The van der Waals surface area contributed by atoms with E-state index in [0.29, 0.717) is 5.56 Å². The van der Waals surface area contributed by atoms with Crippen molar-refractivity contribution in [2.45, 2.75) is 25.5 Å². The maximum Gasteiger partial charge on any atom is 0.164 e. The molecule has 1 heterocycles. The molecule has 1 unspecified atom stereocenters. The molecule has 2 rings (SSSR count). The lowest BCUT2D eigenvalue weighted by molar-refractivity contribution is -0.00451. The third-order valence-electron chi connectivity index (χ3n) is 2.74. The van der Waals surface area contributed by atoms with E-state index in [2.05, 4.69) is 6.07 Å². The van der Waals surface area contributed by atoms with Crippen LogP contribution >= 0.6 is 0 Å². The first kappa shape index (κ1) is 10.9. The van der Waals surface area contributed by atoms with Gasteiger partial charge in [-0.3, -0.25) is 5.84 Å². The summed E-state index contributed by atoms with van der Waals surface area (Å²) < 4.78 is 5.76. The molecule has 1 atom stereocenters. The fourth-order valence-electron chi connectivity index (χ4n) is 1.81. The van der Waals surface area contributed by atoms with Crippen molar-refractivity contribution in [2.24, 2.45) is 5.84 Å². The molecular weight excluding hydrogens is 202 g/mol. The Morgan fingerprint density at radius 3 is 2.69 bits per heavy atom. The van der Waals surface area contributed by atoms with Crippen molar-refractivity contribution < 1.29 is 4.74 Å². The molecule has 1 aromatic rings. The van der Waals surface area contributed by atoms with Gasteiger partial charge in [0.1, 0.15) is 5.75 Å². The molecule has 0 bridgehead atoms. The molecule has 4 heteroatoms. The number of hydrogen-bond acceptors (Lipinski definition) is 4. The Morgan fingerprint density at radius 2 is 2.06 bits per heavy atom. The normalized spacial score (nSPS) is 21.4. The van der Waals surface area contributed by atoms with Crippen LogP contribution in [0.1, 0.15) is 24.8 Å². The van der Waals surface area contributed by atoms with Crippen molar-refractivity contribution in [3.63, 3.8) is 0 Å². The van der Waals surface area contributed by atoms with E-state index in [1.54, 1.807) is 29.3 Å². The molecule has 1 fully saturated rings. The monoisotopic (exact) mass is 217 g/mol. The lowest BCUT2D eigenvalue weighted by atomic mass is 10.1. The average molecular weight is 217 g/mol. The lowest BCUT2D eigenvalue weighted by Gasteiger charge is -2.31. The fourth-order valence-corrected chi connectivity index (χ4v) is 1.81. The molecule has 2 N–H and O–H groups in total. The molecule has 16 heavy (non-hydrogen) atoms. The Morgan fingerprint density at radius 1 is 1.31 bits per heavy atom. The number of hydrazine groups is 1. The molecule has 1 aliphatic heterocycles. The van der Waals surface area contributed by atoms with Crippen LogP contribution in [0.25, 0.3) is 0 Å². The molecular formula is C12H15N3O. The number of nitriles is 1. The second-order valence-corrected chi connectivity index (χ2v) is 3.94. The molecule has 0 saturated carbocycles. The van der Waals surface area contributed by atoms with Crippen molar-refractivity contribution >= 4 is 0 Å². The van der Waals surface area contributed by atoms with E-state index in [1.807, 2.05) is 0 Å². The van der Waals surface area contributed by atoms with E-state index in [-0.39, 0.29) is 6.23 Å². The Labute approximate surface area is 95.2 Å². The molecule has 4 nitrogen and oxygen atoms in total. The van der Waals surface area contributed by atoms with Crippen LogP contribution in [-0.4, -0.2) is 17.8 Å². The first-order valence-corrected chi connectivity index (χ1v) is 5.48. The van der Waals surface area contributed by atoms with Crippen LogP contribution in [0.4, 0.5) is 0 Å². The molecule has 1 saturated heterocycles. The van der Waals surface area contributed by atoms with Gasteiger partial charge in [0.2, 0.25) is 0 Å². The average Bonchev–Trinajstić information content (AvgIpc) is 2.33. The number of hydrogen-bond donors (Lipinski definition) is 1. The van der Waals surface area contributed by atoms with Crippen LogP contribution < -0.4 is 10.6 Å². The molecule has 84 valence electrons. The van der Waals surface area contributed by atoms with E-state index in [4.69, 9.17) is 15.8 Å². The summed E-state index contributed by atoms with van der Waals surface area (Å²) in [6.45, 7) is 0.876. The third kappa shape index (κ3) is 2.51. The van der Waals surface area contributed by atoms with Crippen molar-refractivity contribution in [2.75, 3.05) is 6.54 Å². The summed E-state index contributed by atoms with van der Waals surface area (Å²) in [6.07, 6.45) is 3.19. The van der Waals surface area contributed by atoms with Gasteiger partial charge in [-0.1, -0.05) is 0 Å². The summed E-state index contributed by atoms with van der Waals surface area (Å²) in [4.78, 5) is 0. The molecule has 0 spiro atoms. The van der Waals surface area contributed by atoms with Crippen LogP contribution in [0, 0.1) is 11.3 Å². The van der Waals surface area contributed by atoms with E-state index in [0.717, 1.165) is 31.6 Å². The van der Waals surface area contributed by atoms with Gasteiger partial charge in [-0.05, 0) is 43.5 Å². The van der Waals surface area contributed by atoms with Gasteiger partial charge in [0.25, 0.3) is 0 Å². The highest BCUT2D eigenvalue weighted by Gasteiger charge is 2.20. The highest BCUT2D eigenvalue weighted by atomic mass is 16.5. The summed E-state index contributed by atoms with van der Waals surface area (Å²) in [7, 11) is 0. The molecule has 0 radical (unpaired) electrons. The first-order valence-electron chi connectivity index (χ1n) is 5.48. The van der Waals surface area contributed by atoms with E-state index in [9.17, 15) is 0 Å². The van der Waals surface area contributed by atoms with Gasteiger partial charge in [0.05, 0.1) is 11.6 Å². The maximum absolute atomic E-state index is 8.67. The minimum Gasteiger partial charge on any atom is -0.474 e. The molecule has 1 aromatic carbocycles. The number of rotatable bonds is 2. The SMILES string of the molecule is N#Cc1ccc(OC2CCCCN2N)cc1. The van der Waals surface area contributed by atoms with Gasteiger partial charge in [0.15, 0.2) is 6.23 Å². The van der Waals surface area contributed by atoms with Gasteiger partial charge in [-0.2, -0.15) is 5.26 Å². The Balaban J connectivity index is 2.00. The van der Waals surface area contributed by atoms with Gasteiger partial charge >= 0.3 is 0 Å². The van der Waals surface area contributed by atoms with Crippen molar-refractivity contribution in [3.8, 4) is 11.8 Å². The Kier molecular flexibility index (Phi) is 3.40. The summed E-state index contributed by atoms with van der Waals surface area (Å²) >= 11 is 0. The first-order chi connectivity index (χ1) is 7.79. The van der Waals surface area contributed by atoms with Gasteiger partial charge < -0.3 is 4.74 Å². The van der Waals surface area contributed by atoms with E-state index in [1.165, 1.54) is 0 Å². The minimum atomic E-state index is -0.0401. The number of ether oxygens (including phenoxy) is 1. The highest BCUT2D eigenvalue weighted by molar-refractivity contribution is 5.34. The summed E-state index contributed by atoms with van der Waals surface area (Å²) in [5.41, 5.74) is 0.639. The van der Waals surface area contributed by atoms with Crippen LogP contribution in [0.5, 0.6) is 5.75 Å². The zero-order valence-electron chi connectivity index (χ0n) is 9.10. The predicted octanol–water partition coefficient (Wildman–Crippen LogP) is 1.62. The standard InChI is InChI=1S/C12H15N3O/c13-9-10-4-6-11(7-5-10)16-12-3-1-2-8-15(12)14/h4-7,12H,1-3,8,14H2. The van der Waals surface area contributed by atoms with Crippen LogP contribution in [0.2, 0.25) is 0 Å². The summed E-state index contributed by atoms with van der Waals surface area (Å²) in [5.74, 6) is 6.60. The number of benzene rings is 1. The smallest absolute Gasteiger partial charge is 0.164 e. The number of piperidine rings is 1. The van der Waals surface area contributed by atoms with Crippen molar-refractivity contribution in [1.82, 2.24) is 5.01 Å². The molecule has 0 aromatic heterocycles. The summed E-state index contributed by atoms with van der Waals surface area (Å²) in [5, 5.41) is 10.4. The van der Waals surface area contributed by atoms with Crippen LogP contribution in [0.3, 0.4) is 0 Å². The van der Waals surface area contributed by atoms with Crippen LogP contribution in [0.15, 0.2) is 24.3 Å². The molecule has 0 aliphatic carbocycles. The van der Waals surface area contributed by atoms with Gasteiger partial charge in [0, 0.05) is 6.54 Å². The Hall–Kier alpha value is -1.57. The highest BCUT2D eigenvalue weighted by Crippen LogP contribution is 2.19. The summed E-state index contributed by atoms with van der Waals surface area (Å²) in [6, 6.07) is 9.19. The van der Waals surface area contributed by atoms with E-state index >= 15 is 0 Å². The Bertz CT molecular complexity index is 382. The molecule has 1 aliphatic rings. The zero-order valence-corrected chi connectivity index (χ0v) is 9.10. The van der Waals surface area contributed by atoms with Crippen LogP contribution in [-0.2, 0) is 0 Å². The van der Waals surface area contributed by atoms with E-state index < -0.39 is 0 Å². The van der Waals surface area contributed by atoms with Gasteiger partial charge in [-0.15, -0.1) is 0 Å². The zero-order chi connectivity index (χ0) is 11.4. The maximum atomic E-state index is 8.67. The fraction of sp³-hybridized carbons (Fsp3) is 0.417.